The van der Waals surface area contributed by atoms with E-state index in [2.05, 4.69) is 9.97 Å². The van der Waals surface area contributed by atoms with Crippen molar-refractivity contribution in [3.05, 3.63) is 65.4 Å². The van der Waals surface area contributed by atoms with Crippen LogP contribution in [-0.4, -0.2) is 20.7 Å². The van der Waals surface area contributed by atoms with Crippen molar-refractivity contribution in [1.82, 2.24) is 15.0 Å². The maximum Gasteiger partial charge on any atom is 0.224 e. The first-order chi connectivity index (χ1) is 11.3. The topological polar surface area (TPSA) is 55.7 Å². The highest BCUT2D eigenvalue weighted by atomic mass is 32.1. The van der Waals surface area contributed by atoms with Crippen LogP contribution in [0.2, 0.25) is 0 Å². The smallest absolute Gasteiger partial charge is 0.224 e. The molecule has 0 saturated carbocycles. The number of nitrogens with zero attached hydrogens (tertiary/aromatic N) is 3. The predicted molar refractivity (Wildman–Crippen MR) is 89.5 cm³/mol. The van der Waals surface area contributed by atoms with E-state index in [0.717, 1.165) is 27.0 Å². The van der Waals surface area contributed by atoms with E-state index in [9.17, 15) is 4.79 Å². The van der Waals surface area contributed by atoms with Crippen LogP contribution in [0.4, 0.5) is 0 Å². The zero-order valence-corrected chi connectivity index (χ0v) is 12.7. The Bertz CT molecular complexity index is 1080. The second-order valence-electron chi connectivity index (χ2n) is 5.31. The fraction of sp³-hybridized carbons (Fsp3) is 0. The largest absolute Gasteiger partial charge is 0.286 e. The zero-order chi connectivity index (χ0) is 15.4. The molecule has 0 amide bonds. The normalized spacial score (nSPS) is 12.4. The predicted octanol–water partition coefficient (Wildman–Crippen LogP) is 3.96. The van der Waals surface area contributed by atoms with Crippen molar-refractivity contribution >= 4 is 27.9 Å². The van der Waals surface area contributed by atoms with E-state index in [1.165, 1.54) is 11.3 Å². The van der Waals surface area contributed by atoms with Gasteiger partial charge in [-0.3, -0.25) is 14.8 Å². The van der Waals surface area contributed by atoms with Gasteiger partial charge >= 0.3 is 0 Å². The molecule has 4 aromatic rings. The van der Waals surface area contributed by atoms with Crippen LogP contribution in [0.5, 0.6) is 0 Å². The third-order valence-corrected chi connectivity index (χ3v) is 5.07. The van der Waals surface area contributed by atoms with Gasteiger partial charge in [-0.15, -0.1) is 11.3 Å². The van der Waals surface area contributed by atoms with Gasteiger partial charge in [0, 0.05) is 23.3 Å². The Morgan fingerprint density at radius 1 is 0.826 bits per heavy atom. The van der Waals surface area contributed by atoms with Crippen LogP contribution in [0.25, 0.3) is 32.7 Å². The third kappa shape index (κ3) is 1.71. The van der Waals surface area contributed by atoms with Crippen LogP contribution >= 0.6 is 11.3 Å². The summed E-state index contributed by atoms with van der Waals surface area (Å²) in [4.78, 5) is 26.9. The molecule has 0 fully saturated rings. The molecular weight excluding hydrogens is 306 g/mol. The van der Waals surface area contributed by atoms with Gasteiger partial charge in [0.15, 0.2) is 0 Å². The molecule has 108 valence electrons. The monoisotopic (exact) mass is 315 g/mol. The van der Waals surface area contributed by atoms with Crippen LogP contribution in [0.3, 0.4) is 0 Å². The van der Waals surface area contributed by atoms with Gasteiger partial charge in [-0.1, -0.05) is 30.3 Å². The molecule has 0 saturated heterocycles. The molecule has 5 rings (SSSR count). The van der Waals surface area contributed by atoms with Gasteiger partial charge in [-0.2, -0.15) is 0 Å². The van der Waals surface area contributed by atoms with E-state index in [4.69, 9.17) is 4.98 Å². The van der Waals surface area contributed by atoms with Gasteiger partial charge in [0.05, 0.1) is 0 Å². The van der Waals surface area contributed by atoms with E-state index < -0.39 is 0 Å². The molecule has 0 radical (unpaired) electrons. The molecule has 0 aliphatic heterocycles. The Morgan fingerprint density at radius 2 is 1.57 bits per heavy atom. The Kier molecular flexibility index (Phi) is 2.49. The van der Waals surface area contributed by atoms with Crippen molar-refractivity contribution in [3.63, 3.8) is 0 Å². The molecule has 0 bridgehead atoms. The summed E-state index contributed by atoms with van der Waals surface area (Å²) in [5.74, 6) is -0.0641. The lowest BCUT2D eigenvalue weighted by Crippen LogP contribution is -2.10. The van der Waals surface area contributed by atoms with E-state index in [-0.39, 0.29) is 5.78 Å². The van der Waals surface area contributed by atoms with Crippen LogP contribution in [0.1, 0.15) is 15.4 Å². The van der Waals surface area contributed by atoms with E-state index in [1.54, 1.807) is 12.4 Å². The third-order valence-electron chi connectivity index (χ3n) is 3.97. The van der Waals surface area contributed by atoms with Gasteiger partial charge in [0.25, 0.3) is 0 Å². The summed E-state index contributed by atoms with van der Waals surface area (Å²) in [7, 11) is 0. The lowest BCUT2D eigenvalue weighted by molar-refractivity contribution is 0.103. The lowest BCUT2D eigenvalue weighted by Gasteiger charge is -2.13. The molecule has 0 atom stereocenters. The summed E-state index contributed by atoms with van der Waals surface area (Å²) in [5.41, 5.74) is 2.90. The zero-order valence-electron chi connectivity index (χ0n) is 11.9. The first-order valence-corrected chi connectivity index (χ1v) is 7.99. The highest BCUT2D eigenvalue weighted by molar-refractivity contribution is 7.17. The van der Waals surface area contributed by atoms with Crippen LogP contribution < -0.4 is 0 Å². The number of pyridine rings is 2. The molecule has 5 heteroatoms. The molecule has 1 aromatic carbocycles. The summed E-state index contributed by atoms with van der Waals surface area (Å²) in [6.45, 7) is 0. The maximum atomic E-state index is 12.8. The van der Waals surface area contributed by atoms with Crippen LogP contribution in [0.15, 0.2) is 54.9 Å². The standard InChI is InChI=1S/C18H9N3OS/c22-16-14-12-10(7-9-20-14)6-8-19-13(12)15-17(16)23-18(21-15)11-4-2-1-3-5-11/h1-9H. The molecule has 23 heavy (non-hydrogen) atoms. The number of carbonyl (C=O) groups excluding carboxylic acids is 1. The molecule has 3 aromatic heterocycles. The molecule has 4 nitrogen and oxygen atoms in total. The summed E-state index contributed by atoms with van der Waals surface area (Å²) in [6, 6.07) is 13.7. The van der Waals surface area contributed by atoms with Crippen molar-refractivity contribution in [2.75, 3.05) is 0 Å². The van der Waals surface area contributed by atoms with Crippen molar-refractivity contribution < 1.29 is 4.79 Å². The summed E-state index contributed by atoms with van der Waals surface area (Å²) >= 11 is 1.40. The van der Waals surface area contributed by atoms with Crippen LogP contribution in [-0.2, 0) is 0 Å². The minimum Gasteiger partial charge on any atom is -0.286 e. The number of benzene rings is 1. The summed E-state index contributed by atoms with van der Waals surface area (Å²) in [5, 5.41) is 2.60. The molecule has 1 aliphatic rings. The molecule has 3 heterocycles. The fourth-order valence-electron chi connectivity index (χ4n) is 2.92. The number of aromatic nitrogens is 3. The van der Waals surface area contributed by atoms with E-state index in [0.29, 0.717) is 16.3 Å². The second kappa shape index (κ2) is 4.54. The Morgan fingerprint density at radius 3 is 2.35 bits per heavy atom. The van der Waals surface area contributed by atoms with Crippen molar-refractivity contribution in [3.8, 4) is 22.0 Å². The average molecular weight is 315 g/mol. The Balaban J connectivity index is 1.84. The molecule has 0 spiro atoms. The van der Waals surface area contributed by atoms with Gasteiger partial charge in [-0.05, 0) is 17.5 Å². The maximum absolute atomic E-state index is 12.8. The van der Waals surface area contributed by atoms with Crippen LogP contribution in [0, 0.1) is 0 Å². The fourth-order valence-corrected chi connectivity index (χ4v) is 3.93. The molecular formula is C18H9N3OS. The van der Waals surface area contributed by atoms with Crippen molar-refractivity contribution in [2.24, 2.45) is 0 Å². The minimum absolute atomic E-state index is 0.0641. The Labute approximate surface area is 135 Å². The Hall–Kier alpha value is -2.92. The number of thiazole rings is 1. The average Bonchev–Trinajstić information content (AvgIpc) is 3.06. The molecule has 0 N–H and O–H groups in total. The molecule has 1 aliphatic carbocycles. The first-order valence-electron chi connectivity index (χ1n) is 7.18. The number of hydrogen-bond acceptors (Lipinski definition) is 5. The minimum atomic E-state index is -0.0641. The number of fused-ring (bicyclic) bond motifs is 2. The highest BCUT2D eigenvalue weighted by Crippen LogP contribution is 2.41. The number of rotatable bonds is 1. The van der Waals surface area contributed by atoms with Gasteiger partial charge in [0.2, 0.25) is 5.78 Å². The molecule has 0 unspecified atom stereocenters. The summed E-state index contributed by atoms with van der Waals surface area (Å²) < 4.78 is 0. The summed E-state index contributed by atoms with van der Waals surface area (Å²) in [6.07, 6.45) is 3.42. The number of carbonyl (C=O) groups is 1. The second-order valence-corrected chi connectivity index (χ2v) is 6.31. The van der Waals surface area contributed by atoms with Gasteiger partial charge < -0.3 is 0 Å². The lowest BCUT2D eigenvalue weighted by atomic mass is 9.97. The SMILES string of the molecule is O=C1c2sc(-c3ccccc3)nc2-c2nccc3ccnc1c23. The van der Waals surface area contributed by atoms with Crippen molar-refractivity contribution in [1.29, 1.82) is 0 Å². The number of ketones is 1. The van der Waals surface area contributed by atoms with E-state index in [1.807, 2.05) is 42.5 Å². The van der Waals surface area contributed by atoms with Gasteiger partial charge in [0.1, 0.15) is 27.0 Å². The van der Waals surface area contributed by atoms with Crippen molar-refractivity contribution in [2.45, 2.75) is 0 Å². The highest BCUT2D eigenvalue weighted by Gasteiger charge is 2.31. The number of hydrogen-bond donors (Lipinski definition) is 0. The van der Waals surface area contributed by atoms with E-state index >= 15 is 0 Å². The van der Waals surface area contributed by atoms with Gasteiger partial charge in [-0.25, -0.2) is 4.98 Å². The first kappa shape index (κ1) is 12.6. The quantitative estimate of drug-likeness (QED) is 0.470.